The number of ether oxygens (including phenoxy) is 1. The van der Waals surface area contributed by atoms with Crippen molar-refractivity contribution >= 4 is 5.97 Å². The van der Waals surface area contributed by atoms with Crippen LogP contribution in [0.4, 0.5) is 0 Å². The van der Waals surface area contributed by atoms with Gasteiger partial charge in [0, 0.05) is 6.54 Å². The summed E-state index contributed by atoms with van der Waals surface area (Å²) in [5, 5.41) is 8.77. The van der Waals surface area contributed by atoms with Gasteiger partial charge >= 0.3 is 5.97 Å². The SMILES string of the molecule is COC(=O)c1cc(C#N)cc(C)c1CN. The molecule has 1 rings (SSSR count). The monoisotopic (exact) mass is 204 g/mol. The molecule has 0 spiro atoms. The van der Waals surface area contributed by atoms with Crippen molar-refractivity contribution in [1.29, 1.82) is 5.26 Å². The second kappa shape index (κ2) is 4.58. The van der Waals surface area contributed by atoms with Gasteiger partial charge in [0.15, 0.2) is 0 Å². The third-order valence-corrected chi connectivity index (χ3v) is 2.21. The van der Waals surface area contributed by atoms with Gasteiger partial charge in [-0.25, -0.2) is 4.79 Å². The molecule has 0 aliphatic rings. The number of aryl methyl sites for hydroxylation is 1. The van der Waals surface area contributed by atoms with Crippen LogP contribution in [-0.2, 0) is 11.3 Å². The van der Waals surface area contributed by atoms with E-state index >= 15 is 0 Å². The molecule has 0 heterocycles. The van der Waals surface area contributed by atoms with Gasteiger partial charge in [-0.2, -0.15) is 5.26 Å². The highest BCUT2D eigenvalue weighted by Gasteiger charge is 2.14. The molecule has 0 saturated carbocycles. The van der Waals surface area contributed by atoms with Crippen LogP contribution in [0.1, 0.15) is 27.0 Å². The van der Waals surface area contributed by atoms with E-state index in [9.17, 15) is 4.79 Å². The van der Waals surface area contributed by atoms with E-state index in [0.717, 1.165) is 11.1 Å². The molecular formula is C11H12N2O2. The second-order valence-electron chi connectivity index (χ2n) is 3.13. The van der Waals surface area contributed by atoms with Crippen molar-refractivity contribution in [2.75, 3.05) is 7.11 Å². The summed E-state index contributed by atoms with van der Waals surface area (Å²) in [5.41, 5.74) is 7.91. The molecule has 1 aromatic carbocycles. The average molecular weight is 204 g/mol. The molecule has 4 nitrogen and oxygen atoms in total. The predicted molar refractivity (Wildman–Crippen MR) is 55.1 cm³/mol. The van der Waals surface area contributed by atoms with Crippen LogP contribution in [0.25, 0.3) is 0 Å². The van der Waals surface area contributed by atoms with Crippen LogP contribution in [0, 0.1) is 18.3 Å². The second-order valence-corrected chi connectivity index (χ2v) is 3.13. The lowest BCUT2D eigenvalue weighted by molar-refractivity contribution is 0.0599. The molecule has 0 fully saturated rings. The third-order valence-electron chi connectivity index (χ3n) is 2.21. The van der Waals surface area contributed by atoms with E-state index in [1.165, 1.54) is 13.2 Å². The number of benzene rings is 1. The molecule has 0 amide bonds. The molecule has 0 aliphatic heterocycles. The number of nitriles is 1. The van der Waals surface area contributed by atoms with Crippen molar-refractivity contribution in [3.8, 4) is 6.07 Å². The fourth-order valence-corrected chi connectivity index (χ4v) is 1.44. The van der Waals surface area contributed by atoms with Crippen LogP contribution in [0.2, 0.25) is 0 Å². The first kappa shape index (κ1) is 11.2. The lowest BCUT2D eigenvalue weighted by Gasteiger charge is -2.09. The third kappa shape index (κ3) is 2.14. The van der Waals surface area contributed by atoms with Crippen LogP contribution >= 0.6 is 0 Å². The van der Waals surface area contributed by atoms with Gasteiger partial charge < -0.3 is 10.5 Å². The molecule has 2 N–H and O–H groups in total. The van der Waals surface area contributed by atoms with Crippen molar-refractivity contribution in [1.82, 2.24) is 0 Å². The van der Waals surface area contributed by atoms with E-state index in [1.807, 2.05) is 13.0 Å². The Bertz CT molecular complexity index is 433. The number of carbonyl (C=O) groups excluding carboxylic acids is 1. The minimum atomic E-state index is -0.462. The lowest BCUT2D eigenvalue weighted by Crippen LogP contribution is -2.11. The minimum absolute atomic E-state index is 0.252. The molecule has 0 bridgehead atoms. The summed E-state index contributed by atoms with van der Waals surface area (Å²) >= 11 is 0. The van der Waals surface area contributed by atoms with E-state index in [2.05, 4.69) is 4.74 Å². The number of hydrogen-bond acceptors (Lipinski definition) is 4. The predicted octanol–water partition coefficient (Wildman–Crippen LogP) is 1.11. The molecule has 0 aromatic heterocycles. The molecule has 1 aromatic rings. The number of carbonyl (C=O) groups is 1. The zero-order valence-corrected chi connectivity index (χ0v) is 8.70. The van der Waals surface area contributed by atoms with Crippen LogP contribution in [0.3, 0.4) is 0 Å². The lowest BCUT2D eigenvalue weighted by atomic mass is 9.99. The largest absolute Gasteiger partial charge is 0.465 e. The van der Waals surface area contributed by atoms with Gasteiger partial charge in [-0.1, -0.05) is 0 Å². The fourth-order valence-electron chi connectivity index (χ4n) is 1.44. The zero-order chi connectivity index (χ0) is 11.4. The van der Waals surface area contributed by atoms with Gasteiger partial charge in [-0.15, -0.1) is 0 Å². The van der Waals surface area contributed by atoms with E-state index in [1.54, 1.807) is 6.07 Å². The van der Waals surface area contributed by atoms with Crippen LogP contribution < -0.4 is 5.73 Å². The molecule has 78 valence electrons. The average Bonchev–Trinajstić information content (AvgIpc) is 2.26. The standard InChI is InChI=1S/C11H12N2O2/c1-7-3-8(5-12)4-9(10(7)6-13)11(14)15-2/h3-4H,6,13H2,1-2H3. The highest BCUT2D eigenvalue weighted by atomic mass is 16.5. The normalized spacial score (nSPS) is 9.47. The Morgan fingerprint density at radius 1 is 1.60 bits per heavy atom. The molecule has 0 aliphatic carbocycles. The van der Waals surface area contributed by atoms with E-state index in [4.69, 9.17) is 11.0 Å². The summed E-state index contributed by atoms with van der Waals surface area (Å²) in [6.07, 6.45) is 0. The topological polar surface area (TPSA) is 76.1 Å². The Morgan fingerprint density at radius 2 is 2.27 bits per heavy atom. The number of nitrogens with zero attached hydrogens (tertiary/aromatic N) is 1. The summed E-state index contributed by atoms with van der Waals surface area (Å²) in [7, 11) is 1.30. The highest BCUT2D eigenvalue weighted by molar-refractivity contribution is 5.91. The van der Waals surface area contributed by atoms with Gasteiger partial charge in [0.05, 0.1) is 24.3 Å². The Balaban J connectivity index is 3.40. The van der Waals surface area contributed by atoms with E-state index in [-0.39, 0.29) is 6.54 Å². The van der Waals surface area contributed by atoms with Crippen molar-refractivity contribution in [2.24, 2.45) is 5.73 Å². The smallest absolute Gasteiger partial charge is 0.338 e. The van der Waals surface area contributed by atoms with Crippen molar-refractivity contribution in [3.63, 3.8) is 0 Å². The number of nitrogens with two attached hydrogens (primary N) is 1. The first-order chi connectivity index (χ1) is 7.13. The summed E-state index contributed by atoms with van der Waals surface area (Å²) in [4.78, 5) is 11.4. The van der Waals surface area contributed by atoms with E-state index < -0.39 is 5.97 Å². The van der Waals surface area contributed by atoms with Crippen molar-refractivity contribution in [2.45, 2.75) is 13.5 Å². The van der Waals surface area contributed by atoms with Gasteiger partial charge in [0.25, 0.3) is 0 Å². The summed E-state index contributed by atoms with van der Waals surface area (Å²) in [6, 6.07) is 5.19. The quantitative estimate of drug-likeness (QED) is 0.732. The Morgan fingerprint density at radius 3 is 2.73 bits per heavy atom. The molecule has 0 atom stereocenters. The number of rotatable bonds is 2. The molecule has 0 radical (unpaired) electrons. The number of hydrogen-bond donors (Lipinski definition) is 1. The zero-order valence-electron chi connectivity index (χ0n) is 8.70. The molecule has 4 heteroatoms. The number of esters is 1. The van der Waals surface area contributed by atoms with Gasteiger partial charge in [-0.3, -0.25) is 0 Å². The molecular weight excluding hydrogens is 192 g/mol. The van der Waals surface area contributed by atoms with Crippen LogP contribution in [0.15, 0.2) is 12.1 Å². The van der Waals surface area contributed by atoms with Crippen LogP contribution in [-0.4, -0.2) is 13.1 Å². The first-order valence-electron chi connectivity index (χ1n) is 4.46. The fraction of sp³-hybridized carbons (Fsp3) is 0.273. The Hall–Kier alpha value is -1.86. The molecule has 0 saturated heterocycles. The first-order valence-corrected chi connectivity index (χ1v) is 4.46. The Labute approximate surface area is 88.3 Å². The van der Waals surface area contributed by atoms with Gasteiger partial charge in [-0.05, 0) is 30.2 Å². The van der Waals surface area contributed by atoms with Crippen molar-refractivity contribution < 1.29 is 9.53 Å². The minimum Gasteiger partial charge on any atom is -0.465 e. The van der Waals surface area contributed by atoms with Gasteiger partial charge in [0.1, 0.15) is 0 Å². The molecule has 15 heavy (non-hydrogen) atoms. The van der Waals surface area contributed by atoms with Crippen LogP contribution in [0.5, 0.6) is 0 Å². The van der Waals surface area contributed by atoms with Crippen molar-refractivity contribution in [3.05, 3.63) is 34.4 Å². The summed E-state index contributed by atoms with van der Waals surface area (Å²) in [6.45, 7) is 2.07. The molecule has 0 unspecified atom stereocenters. The Kier molecular flexibility index (Phi) is 3.42. The number of methoxy groups -OCH3 is 1. The van der Waals surface area contributed by atoms with Gasteiger partial charge in [0.2, 0.25) is 0 Å². The van der Waals surface area contributed by atoms with E-state index in [0.29, 0.717) is 11.1 Å². The maximum absolute atomic E-state index is 11.4. The summed E-state index contributed by atoms with van der Waals surface area (Å²) in [5.74, 6) is -0.462. The maximum atomic E-state index is 11.4. The summed E-state index contributed by atoms with van der Waals surface area (Å²) < 4.78 is 4.63. The maximum Gasteiger partial charge on any atom is 0.338 e. The highest BCUT2D eigenvalue weighted by Crippen LogP contribution is 2.17.